The highest BCUT2D eigenvalue weighted by molar-refractivity contribution is 5.83. The van der Waals surface area contributed by atoms with Crippen molar-refractivity contribution >= 4 is 17.8 Å². The number of likely N-dealkylation sites (tertiary alicyclic amines) is 1. The smallest absolute Gasteiger partial charge is 0.308 e. The number of hydrogen-bond acceptors (Lipinski definition) is 3. The number of carbonyl (C=O) groups excluding carboxylic acids is 2. The Hall–Kier alpha value is -1.59. The minimum atomic E-state index is -0.882. The molecule has 0 aromatic heterocycles. The second-order valence-corrected chi connectivity index (χ2v) is 6.09. The number of piperidine rings is 1. The van der Waals surface area contributed by atoms with Crippen LogP contribution in [0.1, 0.15) is 39.0 Å². The average molecular weight is 296 g/mol. The summed E-state index contributed by atoms with van der Waals surface area (Å²) in [5, 5.41) is 11.7. The molecule has 0 spiro atoms. The average Bonchev–Trinajstić information content (AvgIpc) is 3.31. The van der Waals surface area contributed by atoms with Crippen LogP contribution in [0.15, 0.2) is 0 Å². The molecule has 2 aliphatic rings. The van der Waals surface area contributed by atoms with E-state index < -0.39 is 11.9 Å². The van der Waals surface area contributed by atoms with Gasteiger partial charge in [0.1, 0.15) is 0 Å². The normalized spacial score (nSPS) is 23.5. The van der Waals surface area contributed by atoms with E-state index in [1.165, 1.54) is 0 Å². The Bertz CT molecular complexity index is 420. The first-order valence-corrected chi connectivity index (χ1v) is 7.82. The topological polar surface area (TPSA) is 86.7 Å². The summed E-state index contributed by atoms with van der Waals surface area (Å²) < 4.78 is 0. The first-order valence-electron chi connectivity index (χ1n) is 7.82. The van der Waals surface area contributed by atoms with Crippen LogP contribution in [0.3, 0.4) is 0 Å². The van der Waals surface area contributed by atoms with E-state index in [0.29, 0.717) is 13.0 Å². The lowest BCUT2D eigenvalue weighted by molar-refractivity contribution is -0.141. The van der Waals surface area contributed by atoms with Gasteiger partial charge in [0.05, 0.1) is 11.8 Å². The van der Waals surface area contributed by atoms with E-state index in [1.807, 2.05) is 0 Å². The van der Waals surface area contributed by atoms with Gasteiger partial charge in [-0.25, -0.2) is 0 Å². The summed E-state index contributed by atoms with van der Waals surface area (Å²) in [6.07, 6.45) is 4.05. The molecular weight excluding hydrogens is 272 g/mol. The molecule has 6 nitrogen and oxygen atoms in total. The fourth-order valence-electron chi connectivity index (χ4n) is 2.75. The van der Waals surface area contributed by atoms with Crippen molar-refractivity contribution in [3.8, 4) is 0 Å². The van der Waals surface area contributed by atoms with Crippen LogP contribution < -0.4 is 5.32 Å². The highest BCUT2D eigenvalue weighted by atomic mass is 16.4. The molecule has 1 aliphatic heterocycles. The quantitative estimate of drug-likeness (QED) is 0.761. The van der Waals surface area contributed by atoms with Gasteiger partial charge in [-0.2, -0.15) is 0 Å². The van der Waals surface area contributed by atoms with E-state index in [0.717, 1.165) is 32.2 Å². The summed E-state index contributed by atoms with van der Waals surface area (Å²) in [6, 6.07) is 0. The monoisotopic (exact) mass is 296 g/mol. The second-order valence-electron chi connectivity index (χ2n) is 6.09. The Morgan fingerprint density at radius 3 is 2.52 bits per heavy atom. The standard InChI is InChI=1S/C15H24N2O4/c1-2-10(15(20)21)8-16-13(18)12-4-3-7-17(9-12)14(19)11-5-6-11/h10-12H,2-9H2,1H3,(H,16,18)(H,20,21). The first-order chi connectivity index (χ1) is 10.0. The Morgan fingerprint density at radius 1 is 1.24 bits per heavy atom. The van der Waals surface area contributed by atoms with Gasteiger partial charge in [0.2, 0.25) is 11.8 Å². The van der Waals surface area contributed by atoms with Crippen LogP contribution in [-0.2, 0) is 14.4 Å². The highest BCUT2D eigenvalue weighted by Gasteiger charge is 2.36. The van der Waals surface area contributed by atoms with Gasteiger partial charge in [0, 0.05) is 25.6 Å². The van der Waals surface area contributed by atoms with Crippen LogP contribution in [0, 0.1) is 17.8 Å². The lowest BCUT2D eigenvalue weighted by atomic mass is 9.96. The SMILES string of the molecule is CCC(CNC(=O)C1CCCN(C(=O)C2CC2)C1)C(=O)O. The zero-order chi connectivity index (χ0) is 15.4. The van der Waals surface area contributed by atoms with E-state index in [2.05, 4.69) is 5.32 Å². The van der Waals surface area contributed by atoms with Crippen molar-refractivity contribution in [2.24, 2.45) is 17.8 Å². The third-order valence-electron chi connectivity index (χ3n) is 4.40. The summed E-state index contributed by atoms with van der Waals surface area (Å²) >= 11 is 0. The molecular formula is C15H24N2O4. The van der Waals surface area contributed by atoms with Crippen molar-refractivity contribution in [2.45, 2.75) is 39.0 Å². The number of carbonyl (C=O) groups is 3. The van der Waals surface area contributed by atoms with Crippen LogP contribution in [0.25, 0.3) is 0 Å². The first kappa shape index (κ1) is 15.8. The molecule has 2 amide bonds. The Morgan fingerprint density at radius 2 is 1.95 bits per heavy atom. The molecule has 1 saturated carbocycles. The number of amides is 2. The molecule has 0 radical (unpaired) electrons. The number of nitrogens with zero attached hydrogens (tertiary/aromatic N) is 1. The van der Waals surface area contributed by atoms with Crippen LogP contribution in [-0.4, -0.2) is 47.4 Å². The van der Waals surface area contributed by atoms with Gasteiger partial charge in [0.25, 0.3) is 0 Å². The van der Waals surface area contributed by atoms with E-state index in [-0.39, 0.29) is 30.2 Å². The third kappa shape index (κ3) is 4.19. The minimum Gasteiger partial charge on any atom is -0.481 e. The molecule has 1 aliphatic carbocycles. The van der Waals surface area contributed by atoms with Gasteiger partial charge >= 0.3 is 5.97 Å². The van der Waals surface area contributed by atoms with Gasteiger partial charge in [-0.3, -0.25) is 14.4 Å². The summed E-state index contributed by atoms with van der Waals surface area (Å²) in [7, 11) is 0. The Balaban J connectivity index is 1.81. The van der Waals surface area contributed by atoms with Crippen LogP contribution in [0.5, 0.6) is 0 Å². The summed E-state index contributed by atoms with van der Waals surface area (Å²) in [5.41, 5.74) is 0. The summed E-state index contributed by atoms with van der Waals surface area (Å²) in [6.45, 7) is 3.18. The zero-order valence-electron chi connectivity index (χ0n) is 12.5. The maximum Gasteiger partial charge on any atom is 0.308 e. The van der Waals surface area contributed by atoms with E-state index in [1.54, 1.807) is 11.8 Å². The molecule has 2 fully saturated rings. The van der Waals surface area contributed by atoms with Crippen LogP contribution >= 0.6 is 0 Å². The predicted molar refractivity (Wildman–Crippen MR) is 76.5 cm³/mol. The molecule has 0 bridgehead atoms. The van der Waals surface area contributed by atoms with Crippen LogP contribution in [0.2, 0.25) is 0 Å². The number of aliphatic carboxylic acids is 1. The molecule has 2 unspecified atom stereocenters. The molecule has 2 N–H and O–H groups in total. The van der Waals surface area contributed by atoms with Gasteiger partial charge < -0.3 is 15.3 Å². The molecule has 2 atom stereocenters. The van der Waals surface area contributed by atoms with Crippen molar-refractivity contribution in [2.75, 3.05) is 19.6 Å². The van der Waals surface area contributed by atoms with Crippen molar-refractivity contribution < 1.29 is 19.5 Å². The number of carboxylic acid groups (broad SMARTS) is 1. The zero-order valence-corrected chi connectivity index (χ0v) is 12.5. The van der Waals surface area contributed by atoms with Crippen molar-refractivity contribution in [1.82, 2.24) is 10.2 Å². The fraction of sp³-hybridized carbons (Fsp3) is 0.800. The Labute approximate surface area is 124 Å². The fourth-order valence-corrected chi connectivity index (χ4v) is 2.75. The number of nitrogens with one attached hydrogen (secondary N) is 1. The van der Waals surface area contributed by atoms with E-state index in [4.69, 9.17) is 5.11 Å². The van der Waals surface area contributed by atoms with E-state index >= 15 is 0 Å². The van der Waals surface area contributed by atoms with Crippen molar-refractivity contribution in [3.63, 3.8) is 0 Å². The van der Waals surface area contributed by atoms with Crippen molar-refractivity contribution in [1.29, 1.82) is 0 Å². The maximum atomic E-state index is 12.2. The lowest BCUT2D eigenvalue weighted by Crippen LogP contribution is -2.47. The van der Waals surface area contributed by atoms with Gasteiger partial charge in [-0.15, -0.1) is 0 Å². The van der Waals surface area contributed by atoms with Gasteiger partial charge in [-0.05, 0) is 32.1 Å². The highest BCUT2D eigenvalue weighted by Crippen LogP contribution is 2.32. The molecule has 118 valence electrons. The summed E-state index contributed by atoms with van der Waals surface area (Å²) in [4.78, 5) is 36.9. The third-order valence-corrected chi connectivity index (χ3v) is 4.40. The second kappa shape index (κ2) is 6.91. The molecule has 0 aromatic rings. The number of hydrogen-bond donors (Lipinski definition) is 2. The van der Waals surface area contributed by atoms with Crippen molar-refractivity contribution in [3.05, 3.63) is 0 Å². The largest absolute Gasteiger partial charge is 0.481 e. The molecule has 2 rings (SSSR count). The molecule has 0 aromatic carbocycles. The Kier molecular flexibility index (Phi) is 5.20. The molecule has 6 heteroatoms. The predicted octanol–water partition coefficient (Wildman–Crippen LogP) is 0.862. The van der Waals surface area contributed by atoms with Gasteiger partial charge in [-0.1, -0.05) is 6.92 Å². The molecule has 21 heavy (non-hydrogen) atoms. The van der Waals surface area contributed by atoms with Gasteiger partial charge in [0.15, 0.2) is 0 Å². The number of rotatable bonds is 6. The minimum absolute atomic E-state index is 0.122. The van der Waals surface area contributed by atoms with Crippen LogP contribution in [0.4, 0.5) is 0 Å². The lowest BCUT2D eigenvalue weighted by Gasteiger charge is -2.32. The molecule has 1 heterocycles. The summed E-state index contributed by atoms with van der Waals surface area (Å²) in [5.74, 6) is -1.38. The number of carboxylic acids is 1. The maximum absolute atomic E-state index is 12.2. The van der Waals surface area contributed by atoms with E-state index in [9.17, 15) is 14.4 Å². The molecule has 1 saturated heterocycles.